The average molecular weight is 301 g/mol. The zero-order chi connectivity index (χ0) is 13.0. The Labute approximate surface area is 125 Å². The first kappa shape index (κ1) is 16.3. The topological polar surface area (TPSA) is 46.3 Å². The molecule has 5 heteroatoms. The van der Waals surface area contributed by atoms with Gasteiger partial charge in [-0.1, -0.05) is 29.8 Å². The molecule has 1 aromatic rings. The van der Waals surface area contributed by atoms with Crippen molar-refractivity contribution in [3.05, 3.63) is 35.4 Å². The number of carbonyl (C=O) groups excluding carboxylic acids is 1. The molecule has 106 valence electrons. The Hall–Kier alpha value is -0.710. The van der Waals surface area contributed by atoms with E-state index in [0.717, 1.165) is 18.1 Å². The van der Waals surface area contributed by atoms with E-state index in [4.69, 9.17) is 5.73 Å². The number of hydrogen-bond acceptors (Lipinski definition) is 3. The number of aryl methyl sites for hydroxylation is 1. The third kappa shape index (κ3) is 4.13. The standard InChI is InChI=1S/C14H20N2OS.ClH/c1-11-2-4-12(5-3-11)13-10-18-9-8-16(13)14(17)6-7-15;/h2-5,13H,6-10,15H2,1H3;1H. The number of carbonyl (C=O) groups is 1. The second-order valence-electron chi connectivity index (χ2n) is 4.63. The fourth-order valence-electron chi connectivity index (χ4n) is 2.23. The molecule has 0 bridgehead atoms. The lowest BCUT2D eigenvalue weighted by molar-refractivity contribution is -0.132. The Morgan fingerprint density at radius 3 is 2.74 bits per heavy atom. The van der Waals surface area contributed by atoms with E-state index >= 15 is 0 Å². The summed E-state index contributed by atoms with van der Waals surface area (Å²) in [7, 11) is 0. The SMILES string of the molecule is Cc1ccc(C2CSCCN2C(=O)CCN)cc1.Cl. The third-order valence-electron chi connectivity index (χ3n) is 3.27. The van der Waals surface area contributed by atoms with E-state index < -0.39 is 0 Å². The van der Waals surface area contributed by atoms with E-state index in [0.29, 0.717) is 13.0 Å². The Bertz CT molecular complexity index is 410. The van der Waals surface area contributed by atoms with Crippen molar-refractivity contribution in [2.24, 2.45) is 5.73 Å². The first-order valence-electron chi connectivity index (χ1n) is 6.36. The number of benzene rings is 1. The second kappa shape index (κ2) is 7.78. The molecular formula is C14H21ClN2OS. The van der Waals surface area contributed by atoms with Gasteiger partial charge in [-0.05, 0) is 12.5 Å². The number of nitrogens with zero attached hydrogens (tertiary/aromatic N) is 1. The number of rotatable bonds is 3. The van der Waals surface area contributed by atoms with Crippen LogP contribution in [0.4, 0.5) is 0 Å². The van der Waals surface area contributed by atoms with Crippen LogP contribution in [0.25, 0.3) is 0 Å². The summed E-state index contributed by atoms with van der Waals surface area (Å²) < 4.78 is 0. The normalized spacial score (nSPS) is 18.8. The molecule has 1 saturated heterocycles. The van der Waals surface area contributed by atoms with Crippen LogP contribution in [0.3, 0.4) is 0 Å². The molecule has 1 atom stereocenters. The summed E-state index contributed by atoms with van der Waals surface area (Å²) in [5, 5.41) is 0. The maximum absolute atomic E-state index is 12.1. The number of halogens is 1. The fourth-order valence-corrected chi connectivity index (χ4v) is 3.32. The minimum Gasteiger partial charge on any atom is -0.334 e. The van der Waals surface area contributed by atoms with Crippen molar-refractivity contribution >= 4 is 30.1 Å². The first-order valence-corrected chi connectivity index (χ1v) is 7.51. The smallest absolute Gasteiger partial charge is 0.224 e. The number of nitrogens with two attached hydrogens (primary N) is 1. The molecule has 0 aliphatic carbocycles. The molecule has 0 saturated carbocycles. The zero-order valence-electron chi connectivity index (χ0n) is 11.2. The van der Waals surface area contributed by atoms with Gasteiger partial charge in [-0.2, -0.15) is 11.8 Å². The summed E-state index contributed by atoms with van der Waals surface area (Å²) in [5.74, 6) is 2.20. The van der Waals surface area contributed by atoms with Crippen LogP contribution in [-0.2, 0) is 4.79 Å². The quantitative estimate of drug-likeness (QED) is 0.932. The lowest BCUT2D eigenvalue weighted by Gasteiger charge is -2.36. The van der Waals surface area contributed by atoms with Gasteiger partial charge < -0.3 is 10.6 Å². The summed E-state index contributed by atoms with van der Waals surface area (Å²) in [4.78, 5) is 14.1. The van der Waals surface area contributed by atoms with Crippen molar-refractivity contribution in [3.63, 3.8) is 0 Å². The predicted molar refractivity (Wildman–Crippen MR) is 83.9 cm³/mol. The van der Waals surface area contributed by atoms with Gasteiger partial charge in [-0.3, -0.25) is 4.79 Å². The van der Waals surface area contributed by atoms with Crippen LogP contribution >= 0.6 is 24.2 Å². The minimum atomic E-state index is 0. The van der Waals surface area contributed by atoms with Gasteiger partial charge in [-0.15, -0.1) is 12.4 Å². The van der Waals surface area contributed by atoms with Gasteiger partial charge in [0.25, 0.3) is 0 Å². The van der Waals surface area contributed by atoms with Crippen LogP contribution < -0.4 is 5.73 Å². The van der Waals surface area contributed by atoms with Crippen LogP contribution in [0, 0.1) is 6.92 Å². The molecule has 0 radical (unpaired) electrons. The largest absolute Gasteiger partial charge is 0.334 e. The van der Waals surface area contributed by atoms with Gasteiger partial charge in [-0.25, -0.2) is 0 Å². The van der Waals surface area contributed by atoms with Crippen molar-refractivity contribution in [2.45, 2.75) is 19.4 Å². The van der Waals surface area contributed by atoms with E-state index in [1.54, 1.807) is 0 Å². The van der Waals surface area contributed by atoms with Crippen molar-refractivity contribution in [1.82, 2.24) is 4.90 Å². The minimum absolute atomic E-state index is 0. The van der Waals surface area contributed by atoms with Crippen molar-refractivity contribution in [3.8, 4) is 0 Å². The van der Waals surface area contributed by atoms with Gasteiger partial charge in [0.2, 0.25) is 5.91 Å². The lowest BCUT2D eigenvalue weighted by atomic mass is 10.0. The average Bonchev–Trinajstić information content (AvgIpc) is 2.40. The Balaban J connectivity index is 0.00000180. The lowest BCUT2D eigenvalue weighted by Crippen LogP contribution is -2.41. The van der Waals surface area contributed by atoms with E-state index in [1.807, 2.05) is 16.7 Å². The summed E-state index contributed by atoms with van der Waals surface area (Å²) in [6.07, 6.45) is 0.451. The molecule has 19 heavy (non-hydrogen) atoms. The van der Waals surface area contributed by atoms with E-state index in [2.05, 4.69) is 31.2 Å². The van der Waals surface area contributed by atoms with Crippen molar-refractivity contribution in [2.75, 3.05) is 24.6 Å². The van der Waals surface area contributed by atoms with E-state index in [1.165, 1.54) is 11.1 Å². The first-order chi connectivity index (χ1) is 8.72. The molecule has 3 nitrogen and oxygen atoms in total. The van der Waals surface area contributed by atoms with E-state index in [-0.39, 0.29) is 24.4 Å². The van der Waals surface area contributed by atoms with Gasteiger partial charge in [0.1, 0.15) is 0 Å². The highest BCUT2D eigenvalue weighted by Crippen LogP contribution is 2.30. The molecule has 2 N–H and O–H groups in total. The molecule has 1 amide bonds. The highest BCUT2D eigenvalue weighted by molar-refractivity contribution is 7.99. The van der Waals surface area contributed by atoms with Crippen LogP contribution in [0.5, 0.6) is 0 Å². The highest BCUT2D eigenvalue weighted by Gasteiger charge is 2.27. The molecule has 1 fully saturated rings. The fraction of sp³-hybridized carbons (Fsp3) is 0.500. The molecule has 1 aliphatic heterocycles. The molecule has 0 aromatic heterocycles. The van der Waals surface area contributed by atoms with Gasteiger partial charge >= 0.3 is 0 Å². The molecule has 1 heterocycles. The molecule has 1 unspecified atom stereocenters. The van der Waals surface area contributed by atoms with Gasteiger partial charge in [0.15, 0.2) is 0 Å². The molecule has 0 spiro atoms. The van der Waals surface area contributed by atoms with Crippen molar-refractivity contribution in [1.29, 1.82) is 0 Å². The maximum atomic E-state index is 12.1. The zero-order valence-corrected chi connectivity index (χ0v) is 12.8. The number of amides is 1. The summed E-state index contributed by atoms with van der Waals surface area (Å²) in [6.45, 7) is 3.35. The Kier molecular flexibility index (Phi) is 6.69. The molecule has 1 aliphatic rings. The van der Waals surface area contributed by atoms with Crippen molar-refractivity contribution < 1.29 is 4.79 Å². The molecule has 1 aromatic carbocycles. The van der Waals surface area contributed by atoms with Crippen LogP contribution in [0.15, 0.2) is 24.3 Å². The van der Waals surface area contributed by atoms with E-state index in [9.17, 15) is 4.79 Å². The van der Waals surface area contributed by atoms with Gasteiger partial charge in [0, 0.05) is 31.0 Å². The summed E-state index contributed by atoms with van der Waals surface area (Å²) >= 11 is 1.92. The maximum Gasteiger partial charge on any atom is 0.224 e. The Morgan fingerprint density at radius 2 is 2.11 bits per heavy atom. The Morgan fingerprint density at radius 1 is 1.42 bits per heavy atom. The molecular weight excluding hydrogens is 280 g/mol. The van der Waals surface area contributed by atoms with Crippen LogP contribution in [0.2, 0.25) is 0 Å². The summed E-state index contributed by atoms with van der Waals surface area (Å²) in [5.41, 5.74) is 7.97. The highest BCUT2D eigenvalue weighted by atomic mass is 35.5. The second-order valence-corrected chi connectivity index (χ2v) is 5.78. The monoisotopic (exact) mass is 300 g/mol. The third-order valence-corrected chi connectivity index (χ3v) is 4.29. The van der Waals surface area contributed by atoms with Crippen LogP contribution in [0.1, 0.15) is 23.6 Å². The van der Waals surface area contributed by atoms with Crippen LogP contribution in [-0.4, -0.2) is 35.4 Å². The predicted octanol–water partition coefficient (Wildman–Crippen LogP) is 2.38. The number of hydrogen-bond donors (Lipinski definition) is 1. The molecule has 2 rings (SSSR count). The summed E-state index contributed by atoms with van der Waals surface area (Å²) in [6, 6.07) is 8.70. The van der Waals surface area contributed by atoms with Gasteiger partial charge in [0.05, 0.1) is 6.04 Å². The number of thioether (sulfide) groups is 1.